The van der Waals surface area contributed by atoms with Gasteiger partial charge < -0.3 is 4.74 Å². The molecule has 0 spiro atoms. The smallest absolute Gasteiger partial charge is 0.0743 e. The number of aryl methyl sites for hydroxylation is 1. The fraction of sp³-hybridized carbons (Fsp3) is 0.667. The summed E-state index contributed by atoms with van der Waals surface area (Å²) in [6.07, 6.45) is 2.46. The van der Waals surface area contributed by atoms with Crippen molar-refractivity contribution >= 4 is 38.9 Å². The van der Waals surface area contributed by atoms with Crippen molar-refractivity contribution in [3.05, 3.63) is 20.3 Å². The number of hydrogen-bond acceptors (Lipinski definition) is 2. The van der Waals surface area contributed by atoms with Crippen molar-refractivity contribution < 1.29 is 4.74 Å². The Hall–Kier alpha value is 0.430. The van der Waals surface area contributed by atoms with Gasteiger partial charge >= 0.3 is 0 Å². The topological polar surface area (TPSA) is 9.23 Å². The van der Waals surface area contributed by atoms with E-state index in [2.05, 4.69) is 35.8 Å². The van der Waals surface area contributed by atoms with Gasteiger partial charge in [0.2, 0.25) is 0 Å². The summed E-state index contributed by atoms with van der Waals surface area (Å²) in [6, 6.07) is 2.14. The average molecular weight is 324 g/mol. The molecule has 3 atom stereocenters. The summed E-state index contributed by atoms with van der Waals surface area (Å²) in [5, 5.41) is 0.0838. The Kier molecular flexibility index (Phi) is 4.33. The molecule has 0 radical (unpaired) electrons. The third kappa shape index (κ3) is 2.47. The first-order chi connectivity index (χ1) is 7.63. The molecule has 1 aliphatic rings. The number of hydrogen-bond donors (Lipinski definition) is 0. The van der Waals surface area contributed by atoms with Crippen molar-refractivity contribution in [1.29, 1.82) is 0 Å². The van der Waals surface area contributed by atoms with E-state index in [-0.39, 0.29) is 5.38 Å². The summed E-state index contributed by atoms with van der Waals surface area (Å²) < 4.78 is 6.86. The molecule has 1 aliphatic heterocycles. The molecule has 1 nitrogen and oxygen atoms in total. The Bertz CT molecular complexity index is 366. The summed E-state index contributed by atoms with van der Waals surface area (Å²) >= 11 is 12.0. The van der Waals surface area contributed by atoms with E-state index < -0.39 is 0 Å². The largest absolute Gasteiger partial charge is 0.378 e. The molecule has 2 heterocycles. The van der Waals surface area contributed by atoms with Crippen LogP contribution in [-0.2, 0) is 4.74 Å². The van der Waals surface area contributed by atoms with Gasteiger partial charge in [-0.15, -0.1) is 22.9 Å². The SMILES string of the molecule is CCC1OCCC1C(Cl)c1sc(C)cc1Br. The van der Waals surface area contributed by atoms with Crippen LogP contribution in [0.5, 0.6) is 0 Å². The van der Waals surface area contributed by atoms with Gasteiger partial charge in [-0.3, -0.25) is 0 Å². The van der Waals surface area contributed by atoms with Crippen molar-refractivity contribution in [2.45, 2.75) is 38.2 Å². The van der Waals surface area contributed by atoms with Gasteiger partial charge in [-0.25, -0.2) is 0 Å². The number of rotatable bonds is 3. The van der Waals surface area contributed by atoms with Gasteiger partial charge in [0.25, 0.3) is 0 Å². The van der Waals surface area contributed by atoms with Gasteiger partial charge in [0.15, 0.2) is 0 Å². The quantitative estimate of drug-likeness (QED) is 0.718. The van der Waals surface area contributed by atoms with Crippen molar-refractivity contribution in [3.8, 4) is 0 Å². The molecule has 0 aromatic carbocycles. The zero-order valence-corrected chi connectivity index (χ0v) is 12.7. The van der Waals surface area contributed by atoms with Crippen LogP contribution in [0.2, 0.25) is 0 Å². The van der Waals surface area contributed by atoms with Gasteiger partial charge in [-0.2, -0.15) is 0 Å². The lowest BCUT2D eigenvalue weighted by atomic mass is 9.95. The maximum atomic E-state index is 6.61. The van der Waals surface area contributed by atoms with E-state index in [0.717, 1.165) is 23.9 Å². The summed E-state index contributed by atoms with van der Waals surface area (Å²) in [6.45, 7) is 5.14. The predicted molar refractivity (Wildman–Crippen MR) is 73.5 cm³/mol. The van der Waals surface area contributed by atoms with Gasteiger partial charge in [0.05, 0.1) is 11.5 Å². The fourth-order valence-electron chi connectivity index (χ4n) is 2.30. The molecule has 0 amide bonds. The lowest BCUT2D eigenvalue weighted by molar-refractivity contribution is 0.0866. The molecule has 1 saturated heterocycles. The van der Waals surface area contributed by atoms with Gasteiger partial charge in [-0.1, -0.05) is 6.92 Å². The molecule has 1 fully saturated rings. The number of thiophene rings is 1. The highest BCUT2D eigenvalue weighted by Gasteiger charge is 2.34. The minimum atomic E-state index is 0.0838. The van der Waals surface area contributed by atoms with E-state index in [9.17, 15) is 0 Å². The van der Waals surface area contributed by atoms with Crippen LogP contribution in [0.25, 0.3) is 0 Å². The van der Waals surface area contributed by atoms with Crippen molar-refractivity contribution in [1.82, 2.24) is 0 Å². The first kappa shape index (κ1) is 12.9. The molecular weight excluding hydrogens is 308 g/mol. The van der Waals surface area contributed by atoms with Crippen LogP contribution in [0.4, 0.5) is 0 Å². The monoisotopic (exact) mass is 322 g/mol. The van der Waals surface area contributed by atoms with Crippen molar-refractivity contribution in [2.75, 3.05) is 6.61 Å². The summed E-state index contributed by atoms with van der Waals surface area (Å²) in [5.41, 5.74) is 0. The second-order valence-electron chi connectivity index (χ2n) is 4.24. The lowest BCUT2D eigenvalue weighted by Gasteiger charge is -2.21. The highest BCUT2D eigenvalue weighted by atomic mass is 79.9. The zero-order chi connectivity index (χ0) is 11.7. The molecular formula is C12H16BrClOS. The summed E-state index contributed by atoms with van der Waals surface area (Å²) in [4.78, 5) is 2.56. The molecule has 2 rings (SSSR count). The van der Waals surface area contributed by atoms with Crippen LogP contribution < -0.4 is 0 Å². The minimum Gasteiger partial charge on any atom is -0.378 e. The third-order valence-electron chi connectivity index (χ3n) is 3.13. The Morgan fingerprint density at radius 1 is 1.69 bits per heavy atom. The van der Waals surface area contributed by atoms with Crippen LogP contribution in [0.1, 0.15) is 34.9 Å². The average Bonchev–Trinajstić information content (AvgIpc) is 2.83. The maximum absolute atomic E-state index is 6.61. The first-order valence-corrected chi connectivity index (χ1v) is 7.69. The van der Waals surface area contributed by atoms with E-state index in [4.69, 9.17) is 16.3 Å². The molecule has 90 valence electrons. The van der Waals surface area contributed by atoms with Crippen LogP contribution in [0.3, 0.4) is 0 Å². The summed E-state index contributed by atoms with van der Waals surface area (Å²) in [7, 11) is 0. The van der Waals surface area contributed by atoms with Crippen LogP contribution in [0, 0.1) is 12.8 Å². The molecule has 0 bridgehead atoms. The normalized spacial score (nSPS) is 27.2. The predicted octanol–water partition coefficient (Wildman–Crippen LogP) is 4.91. The highest BCUT2D eigenvalue weighted by molar-refractivity contribution is 9.10. The molecule has 0 saturated carbocycles. The molecule has 4 heteroatoms. The molecule has 0 N–H and O–H groups in total. The molecule has 1 aromatic heterocycles. The van der Waals surface area contributed by atoms with Crippen LogP contribution >= 0.6 is 38.9 Å². The second kappa shape index (κ2) is 5.38. The molecule has 3 unspecified atom stereocenters. The van der Waals surface area contributed by atoms with Crippen molar-refractivity contribution in [3.63, 3.8) is 0 Å². The maximum Gasteiger partial charge on any atom is 0.0743 e. The Balaban J connectivity index is 2.18. The number of alkyl halides is 1. The Labute approximate surface area is 114 Å². The van der Waals surface area contributed by atoms with E-state index in [1.807, 2.05) is 0 Å². The Morgan fingerprint density at radius 3 is 3.00 bits per heavy atom. The molecule has 0 aliphatic carbocycles. The van der Waals surface area contributed by atoms with E-state index in [0.29, 0.717) is 12.0 Å². The standard InChI is InChI=1S/C12H16BrClOS/c1-3-10-8(4-5-15-10)11(14)12-9(13)6-7(2)16-12/h6,8,10-11H,3-5H2,1-2H3. The minimum absolute atomic E-state index is 0.0838. The van der Waals surface area contributed by atoms with Gasteiger partial charge in [0.1, 0.15) is 0 Å². The second-order valence-corrected chi connectivity index (χ2v) is 6.85. The molecule has 1 aromatic rings. The van der Waals surface area contributed by atoms with Crippen LogP contribution in [-0.4, -0.2) is 12.7 Å². The van der Waals surface area contributed by atoms with Gasteiger partial charge in [-0.05, 0) is 41.8 Å². The first-order valence-electron chi connectivity index (χ1n) is 5.65. The fourth-order valence-corrected chi connectivity index (χ4v) is 4.93. The van der Waals surface area contributed by atoms with Crippen LogP contribution in [0.15, 0.2) is 10.5 Å². The molecule has 16 heavy (non-hydrogen) atoms. The lowest BCUT2D eigenvalue weighted by Crippen LogP contribution is -2.18. The third-order valence-corrected chi connectivity index (χ3v) is 5.85. The number of halogens is 2. The van der Waals surface area contributed by atoms with Crippen molar-refractivity contribution in [2.24, 2.45) is 5.92 Å². The summed E-state index contributed by atoms with van der Waals surface area (Å²) in [5.74, 6) is 0.459. The number of ether oxygens (including phenoxy) is 1. The Morgan fingerprint density at radius 2 is 2.44 bits per heavy atom. The van der Waals surface area contributed by atoms with E-state index >= 15 is 0 Å². The highest BCUT2D eigenvalue weighted by Crippen LogP contribution is 2.44. The van der Waals surface area contributed by atoms with E-state index in [1.54, 1.807) is 11.3 Å². The van der Waals surface area contributed by atoms with E-state index in [1.165, 1.54) is 9.75 Å². The zero-order valence-electron chi connectivity index (χ0n) is 9.50. The van der Waals surface area contributed by atoms with Gasteiger partial charge in [0, 0.05) is 26.8 Å².